The Morgan fingerprint density at radius 3 is 1.09 bits per heavy atom. The smallest absolute Gasteiger partial charge is 0.0645 e. The van der Waals surface area contributed by atoms with Gasteiger partial charge in [-0.15, -0.1) is 0 Å². The third-order valence-electron chi connectivity index (χ3n) is 9.31. The van der Waals surface area contributed by atoms with Crippen LogP contribution in [-0.2, 0) is 0 Å². The summed E-state index contributed by atoms with van der Waals surface area (Å²) in [5.74, 6) is 0. The number of para-hydroxylation sites is 4. The molecule has 0 radical (unpaired) electrons. The van der Waals surface area contributed by atoms with Gasteiger partial charge >= 0.3 is 0 Å². The number of hydrogen-bond donors (Lipinski definition) is 0. The number of benzene rings is 6. The second-order valence-corrected chi connectivity index (χ2v) is 11.7. The summed E-state index contributed by atoms with van der Waals surface area (Å²) in [4.78, 5) is 4.48. The highest BCUT2D eigenvalue weighted by Gasteiger charge is 2.18. The summed E-state index contributed by atoms with van der Waals surface area (Å²) >= 11 is 0. The predicted octanol–water partition coefficient (Wildman–Crippen LogP) is 10.4. The van der Waals surface area contributed by atoms with Crippen LogP contribution in [0.5, 0.6) is 0 Å². The quantitative estimate of drug-likeness (QED) is 0.206. The van der Waals surface area contributed by atoms with Gasteiger partial charge in [0.05, 0.1) is 45.0 Å². The van der Waals surface area contributed by atoms with Crippen molar-refractivity contribution in [2.75, 3.05) is 0 Å². The molecular weight excluding hydrogens is 548 g/mol. The third kappa shape index (κ3) is 3.39. The molecule has 45 heavy (non-hydrogen) atoms. The average molecular weight is 575 g/mol. The second kappa shape index (κ2) is 9.18. The first kappa shape index (κ1) is 24.3. The van der Waals surface area contributed by atoms with E-state index in [0.717, 1.165) is 28.1 Å². The number of rotatable bonds is 3. The van der Waals surface area contributed by atoms with Gasteiger partial charge in [-0.3, -0.25) is 4.98 Å². The lowest BCUT2D eigenvalue weighted by Gasteiger charge is -2.10. The van der Waals surface area contributed by atoms with Crippen LogP contribution in [-0.4, -0.2) is 18.7 Å². The molecule has 10 rings (SSSR count). The van der Waals surface area contributed by atoms with Crippen molar-refractivity contribution < 1.29 is 0 Å². The third-order valence-corrected chi connectivity index (χ3v) is 9.31. The van der Waals surface area contributed by atoms with Crippen molar-refractivity contribution in [2.45, 2.75) is 0 Å². The number of pyridine rings is 1. The van der Waals surface area contributed by atoms with Crippen LogP contribution in [0.3, 0.4) is 0 Å². The lowest BCUT2D eigenvalue weighted by atomic mass is 10.1. The molecule has 0 bridgehead atoms. The van der Waals surface area contributed by atoms with E-state index < -0.39 is 0 Å². The fourth-order valence-electron chi connectivity index (χ4n) is 7.44. The molecule has 0 aliphatic carbocycles. The van der Waals surface area contributed by atoms with Crippen molar-refractivity contribution in [3.63, 3.8) is 0 Å². The first-order valence-electron chi connectivity index (χ1n) is 15.3. The first-order valence-corrected chi connectivity index (χ1v) is 15.3. The monoisotopic (exact) mass is 574 g/mol. The fourth-order valence-corrected chi connectivity index (χ4v) is 7.44. The molecule has 4 nitrogen and oxygen atoms in total. The summed E-state index contributed by atoms with van der Waals surface area (Å²) in [7, 11) is 0. The Hall–Kier alpha value is -6.13. The number of hydrogen-bond acceptors (Lipinski definition) is 1. The molecule has 0 spiro atoms. The molecule has 210 valence electrons. The Kier molecular flexibility index (Phi) is 4.96. The molecule has 10 aromatic rings. The van der Waals surface area contributed by atoms with Crippen LogP contribution in [0.4, 0.5) is 0 Å². The van der Waals surface area contributed by atoms with Gasteiger partial charge in [-0.05, 0) is 72.8 Å². The van der Waals surface area contributed by atoms with E-state index in [1.807, 2.05) is 18.5 Å². The minimum Gasteiger partial charge on any atom is -0.309 e. The van der Waals surface area contributed by atoms with Gasteiger partial charge in [-0.25, -0.2) is 0 Å². The van der Waals surface area contributed by atoms with Gasteiger partial charge in [0.25, 0.3) is 0 Å². The molecule has 0 N–H and O–H groups in total. The van der Waals surface area contributed by atoms with E-state index in [1.54, 1.807) is 0 Å². The molecule has 0 atom stereocenters. The van der Waals surface area contributed by atoms with Crippen LogP contribution < -0.4 is 0 Å². The molecule has 0 amide bonds. The van der Waals surface area contributed by atoms with Crippen LogP contribution in [0.1, 0.15) is 0 Å². The first-order chi connectivity index (χ1) is 22.3. The van der Waals surface area contributed by atoms with E-state index in [4.69, 9.17) is 0 Å². The van der Waals surface area contributed by atoms with Crippen molar-refractivity contribution in [3.05, 3.63) is 158 Å². The van der Waals surface area contributed by atoms with Crippen LogP contribution >= 0.6 is 0 Å². The summed E-state index contributed by atoms with van der Waals surface area (Å²) in [6, 6.07) is 52.7. The van der Waals surface area contributed by atoms with Gasteiger partial charge in [0.15, 0.2) is 0 Å². The SMILES string of the molecule is c1cncc(-n2c3ccc(-n4c5ccccc5c5ccccc54)cc3c3cc(-n4c5ccccc5c5ccccc54)ccc32)c1. The van der Waals surface area contributed by atoms with E-state index in [-0.39, 0.29) is 0 Å². The average Bonchev–Trinajstić information content (AvgIpc) is 3.74. The van der Waals surface area contributed by atoms with Crippen molar-refractivity contribution in [3.8, 4) is 17.1 Å². The Morgan fingerprint density at radius 1 is 0.311 bits per heavy atom. The standard InChI is InChI=1S/C41H26N4/c1-5-15-36-30(11-1)31-12-2-6-16-37(31)43(36)27-19-21-40-34(24-27)35-25-28(20-22-41(35)45(40)29-10-9-23-42-26-29)44-38-17-7-3-13-32(38)33-14-4-8-18-39(33)44/h1-26H. The zero-order valence-electron chi connectivity index (χ0n) is 24.3. The van der Waals surface area contributed by atoms with Gasteiger partial charge in [-0.2, -0.15) is 0 Å². The van der Waals surface area contributed by atoms with Gasteiger partial charge in [0.1, 0.15) is 0 Å². The Labute approximate surface area is 258 Å². The maximum atomic E-state index is 4.48. The molecule has 4 aromatic heterocycles. The molecular formula is C41H26N4. The van der Waals surface area contributed by atoms with E-state index >= 15 is 0 Å². The topological polar surface area (TPSA) is 27.7 Å². The van der Waals surface area contributed by atoms with E-state index in [9.17, 15) is 0 Å². The van der Waals surface area contributed by atoms with Gasteiger partial charge < -0.3 is 13.7 Å². The van der Waals surface area contributed by atoms with E-state index in [1.165, 1.54) is 54.4 Å². The predicted molar refractivity (Wildman–Crippen MR) is 187 cm³/mol. The molecule has 0 aliphatic heterocycles. The summed E-state index contributed by atoms with van der Waals surface area (Å²) in [5.41, 5.74) is 10.5. The highest BCUT2D eigenvalue weighted by molar-refractivity contribution is 6.14. The van der Waals surface area contributed by atoms with E-state index in [2.05, 4.69) is 158 Å². The van der Waals surface area contributed by atoms with Crippen LogP contribution in [0, 0.1) is 0 Å². The summed E-state index contributed by atoms with van der Waals surface area (Å²) in [6.07, 6.45) is 3.78. The van der Waals surface area contributed by atoms with Crippen LogP contribution in [0.25, 0.3) is 82.5 Å². The van der Waals surface area contributed by atoms with Crippen molar-refractivity contribution in [2.24, 2.45) is 0 Å². The molecule has 6 aromatic carbocycles. The largest absolute Gasteiger partial charge is 0.309 e. The highest BCUT2D eigenvalue weighted by atomic mass is 15.0. The van der Waals surface area contributed by atoms with Gasteiger partial charge in [0.2, 0.25) is 0 Å². The lowest BCUT2D eigenvalue weighted by molar-refractivity contribution is 1.13. The molecule has 0 saturated heterocycles. The lowest BCUT2D eigenvalue weighted by Crippen LogP contribution is -1.96. The van der Waals surface area contributed by atoms with Crippen molar-refractivity contribution >= 4 is 65.4 Å². The number of nitrogens with zero attached hydrogens (tertiary/aromatic N) is 4. The maximum Gasteiger partial charge on any atom is 0.0645 e. The summed E-state index contributed by atoms with van der Waals surface area (Å²) < 4.78 is 7.13. The Bertz CT molecular complexity index is 2480. The molecule has 0 fully saturated rings. The zero-order chi connectivity index (χ0) is 29.5. The molecule has 4 heteroatoms. The normalized spacial score (nSPS) is 12.0. The molecule has 0 aliphatic rings. The van der Waals surface area contributed by atoms with Crippen molar-refractivity contribution in [1.82, 2.24) is 18.7 Å². The van der Waals surface area contributed by atoms with Gasteiger partial charge in [0, 0.05) is 49.9 Å². The molecule has 0 unspecified atom stereocenters. The zero-order valence-corrected chi connectivity index (χ0v) is 24.3. The minimum absolute atomic E-state index is 1.05. The highest BCUT2D eigenvalue weighted by Crippen LogP contribution is 2.39. The number of aromatic nitrogens is 4. The summed E-state index contributed by atoms with van der Waals surface area (Å²) in [6.45, 7) is 0. The second-order valence-electron chi connectivity index (χ2n) is 11.7. The van der Waals surface area contributed by atoms with Gasteiger partial charge in [-0.1, -0.05) is 72.8 Å². The Morgan fingerprint density at radius 2 is 0.689 bits per heavy atom. The maximum absolute atomic E-state index is 4.48. The Balaban J connectivity index is 1.31. The summed E-state index contributed by atoms with van der Waals surface area (Å²) in [5, 5.41) is 7.46. The van der Waals surface area contributed by atoms with Crippen molar-refractivity contribution in [1.29, 1.82) is 0 Å². The fraction of sp³-hybridized carbons (Fsp3) is 0. The number of fused-ring (bicyclic) bond motifs is 9. The minimum atomic E-state index is 1.05. The van der Waals surface area contributed by atoms with Crippen LogP contribution in [0.2, 0.25) is 0 Å². The van der Waals surface area contributed by atoms with E-state index in [0.29, 0.717) is 0 Å². The molecule has 4 heterocycles. The molecule has 0 saturated carbocycles. The van der Waals surface area contributed by atoms with Crippen LogP contribution in [0.15, 0.2) is 158 Å².